The van der Waals surface area contributed by atoms with Gasteiger partial charge in [-0.1, -0.05) is 12.1 Å². The molecule has 3 rings (SSSR count). The Bertz CT molecular complexity index is 967. The molecule has 0 saturated carbocycles. The fourth-order valence-corrected chi connectivity index (χ4v) is 2.47. The number of aromatic hydroxyl groups is 1. The largest absolute Gasteiger partial charge is 0.493 e. The third-order valence-corrected chi connectivity index (χ3v) is 3.72. The summed E-state index contributed by atoms with van der Waals surface area (Å²) in [4.78, 5) is 15.6. The van der Waals surface area contributed by atoms with Gasteiger partial charge in [-0.05, 0) is 36.8 Å². The lowest BCUT2D eigenvalue weighted by atomic mass is 10.0. The highest BCUT2D eigenvalue weighted by Gasteiger charge is 2.18. The molecule has 3 aromatic rings. The number of esters is 1. The molecular weight excluding hydrogens is 320 g/mol. The fraction of sp³-hybridized carbons (Fsp3) is 0.111. The minimum Gasteiger partial charge on any atom is -0.493 e. The maximum Gasteiger partial charge on any atom is 0.339 e. The molecule has 2 aromatic heterocycles. The third-order valence-electron chi connectivity index (χ3n) is 3.72. The topological polar surface area (TPSA) is 101 Å². The number of nitriles is 1. The summed E-state index contributed by atoms with van der Waals surface area (Å²) in [5.74, 6) is -0.188. The van der Waals surface area contributed by atoms with E-state index in [0.29, 0.717) is 28.2 Å². The molecule has 0 aliphatic heterocycles. The number of carbonyl (C=O) groups excluding carboxylic acids is 1. The summed E-state index contributed by atoms with van der Waals surface area (Å²) in [6.07, 6.45) is 1.36. The van der Waals surface area contributed by atoms with E-state index in [-0.39, 0.29) is 5.88 Å². The lowest BCUT2D eigenvalue weighted by molar-refractivity contribution is 0.0600. The van der Waals surface area contributed by atoms with Crippen LogP contribution in [0.25, 0.3) is 16.9 Å². The minimum atomic E-state index is -0.488. The van der Waals surface area contributed by atoms with Crippen molar-refractivity contribution < 1.29 is 14.6 Å². The van der Waals surface area contributed by atoms with Gasteiger partial charge < -0.3 is 9.84 Å². The van der Waals surface area contributed by atoms with Crippen LogP contribution in [0.4, 0.5) is 0 Å². The Morgan fingerprint density at radius 1 is 1.24 bits per heavy atom. The SMILES string of the molecule is COC(=O)c1ccc(-n2nc(C)c(-c3ccc(C#N)cc3)c2O)nc1. The van der Waals surface area contributed by atoms with Gasteiger partial charge in [-0.2, -0.15) is 15.0 Å². The fourth-order valence-electron chi connectivity index (χ4n) is 2.47. The van der Waals surface area contributed by atoms with Crippen molar-refractivity contribution in [2.45, 2.75) is 6.92 Å². The van der Waals surface area contributed by atoms with Crippen LogP contribution in [-0.4, -0.2) is 33.0 Å². The number of aryl methyl sites for hydroxylation is 1. The normalized spacial score (nSPS) is 10.3. The van der Waals surface area contributed by atoms with E-state index in [1.54, 1.807) is 43.3 Å². The second-order valence-corrected chi connectivity index (χ2v) is 5.28. The number of rotatable bonds is 3. The zero-order valence-corrected chi connectivity index (χ0v) is 13.6. The first-order chi connectivity index (χ1) is 12.0. The Morgan fingerprint density at radius 3 is 2.52 bits per heavy atom. The first kappa shape index (κ1) is 16.2. The van der Waals surface area contributed by atoms with Gasteiger partial charge in [0.15, 0.2) is 5.82 Å². The summed E-state index contributed by atoms with van der Waals surface area (Å²) < 4.78 is 5.93. The van der Waals surface area contributed by atoms with Gasteiger partial charge in [0.05, 0.1) is 35.6 Å². The van der Waals surface area contributed by atoms with Crippen molar-refractivity contribution in [3.63, 3.8) is 0 Å². The zero-order valence-electron chi connectivity index (χ0n) is 13.6. The van der Waals surface area contributed by atoms with Crippen LogP contribution in [0.15, 0.2) is 42.6 Å². The number of hydrogen-bond acceptors (Lipinski definition) is 6. The molecule has 1 aromatic carbocycles. The second kappa shape index (κ2) is 6.45. The molecule has 0 saturated heterocycles. The van der Waals surface area contributed by atoms with Crippen LogP contribution < -0.4 is 0 Å². The molecule has 1 N–H and O–H groups in total. The van der Waals surface area contributed by atoms with Crippen LogP contribution in [-0.2, 0) is 4.74 Å². The number of pyridine rings is 1. The summed E-state index contributed by atoms with van der Waals surface area (Å²) in [5.41, 5.74) is 2.76. The van der Waals surface area contributed by atoms with Crippen molar-refractivity contribution in [3.05, 3.63) is 59.4 Å². The smallest absolute Gasteiger partial charge is 0.339 e. The van der Waals surface area contributed by atoms with Gasteiger partial charge >= 0.3 is 5.97 Å². The molecule has 0 radical (unpaired) electrons. The van der Waals surface area contributed by atoms with Crippen LogP contribution in [0.5, 0.6) is 5.88 Å². The van der Waals surface area contributed by atoms with Crippen LogP contribution in [0, 0.1) is 18.3 Å². The van der Waals surface area contributed by atoms with E-state index in [4.69, 9.17) is 5.26 Å². The first-order valence-electron chi connectivity index (χ1n) is 7.39. The number of ether oxygens (including phenoxy) is 1. The lowest BCUT2D eigenvalue weighted by Gasteiger charge is -2.04. The van der Waals surface area contributed by atoms with Crippen molar-refractivity contribution in [1.82, 2.24) is 14.8 Å². The minimum absolute atomic E-state index is 0.0690. The standard InChI is InChI=1S/C18H14N4O3/c1-11-16(13-5-3-12(9-19)4-6-13)17(23)22(21-11)15-8-7-14(10-20-15)18(24)25-2/h3-8,10,23H,1-2H3. The highest BCUT2D eigenvalue weighted by Crippen LogP contribution is 2.33. The number of nitrogens with zero attached hydrogens (tertiary/aromatic N) is 4. The molecule has 0 unspecified atom stereocenters. The first-order valence-corrected chi connectivity index (χ1v) is 7.39. The molecular formula is C18H14N4O3. The van der Waals surface area contributed by atoms with Crippen LogP contribution in [0.2, 0.25) is 0 Å². The summed E-state index contributed by atoms with van der Waals surface area (Å²) in [6.45, 7) is 1.77. The number of carbonyl (C=O) groups is 1. The van der Waals surface area contributed by atoms with Gasteiger partial charge in [-0.3, -0.25) is 0 Å². The number of benzene rings is 1. The van der Waals surface area contributed by atoms with Crippen LogP contribution >= 0.6 is 0 Å². The average Bonchev–Trinajstić information content (AvgIpc) is 2.95. The summed E-state index contributed by atoms with van der Waals surface area (Å²) in [6, 6.07) is 12.0. The molecule has 0 fully saturated rings. The lowest BCUT2D eigenvalue weighted by Crippen LogP contribution is -2.04. The monoisotopic (exact) mass is 334 g/mol. The van der Waals surface area contributed by atoms with Gasteiger partial charge in [0.2, 0.25) is 5.88 Å². The predicted molar refractivity (Wildman–Crippen MR) is 89.3 cm³/mol. The molecule has 0 amide bonds. The maximum atomic E-state index is 11.5. The molecule has 25 heavy (non-hydrogen) atoms. The number of methoxy groups -OCH3 is 1. The van der Waals surface area contributed by atoms with Gasteiger partial charge in [0.25, 0.3) is 0 Å². The van der Waals surface area contributed by atoms with E-state index in [1.807, 2.05) is 0 Å². The van der Waals surface area contributed by atoms with Crippen molar-refractivity contribution in [2.24, 2.45) is 0 Å². The van der Waals surface area contributed by atoms with Crippen LogP contribution in [0.1, 0.15) is 21.6 Å². The van der Waals surface area contributed by atoms with E-state index in [1.165, 1.54) is 18.0 Å². The van der Waals surface area contributed by atoms with E-state index in [9.17, 15) is 9.90 Å². The van der Waals surface area contributed by atoms with Crippen LogP contribution in [0.3, 0.4) is 0 Å². The molecule has 124 valence electrons. The van der Waals surface area contributed by atoms with E-state index >= 15 is 0 Å². The molecule has 0 atom stereocenters. The molecule has 0 bridgehead atoms. The van der Waals surface area contributed by atoms with Gasteiger partial charge in [-0.25, -0.2) is 9.78 Å². The van der Waals surface area contributed by atoms with E-state index < -0.39 is 5.97 Å². The quantitative estimate of drug-likeness (QED) is 0.739. The Labute approximate surface area is 143 Å². The Morgan fingerprint density at radius 2 is 1.96 bits per heavy atom. The van der Waals surface area contributed by atoms with E-state index in [0.717, 1.165) is 5.56 Å². The zero-order chi connectivity index (χ0) is 18.0. The van der Waals surface area contributed by atoms with Crippen molar-refractivity contribution >= 4 is 5.97 Å². The second-order valence-electron chi connectivity index (χ2n) is 5.28. The Balaban J connectivity index is 2.02. The highest BCUT2D eigenvalue weighted by atomic mass is 16.5. The summed E-state index contributed by atoms with van der Waals surface area (Å²) in [7, 11) is 1.29. The number of aromatic nitrogens is 3. The molecule has 7 nitrogen and oxygen atoms in total. The molecule has 0 spiro atoms. The number of hydrogen-bond donors (Lipinski definition) is 1. The van der Waals surface area contributed by atoms with Crippen molar-refractivity contribution in [1.29, 1.82) is 5.26 Å². The van der Waals surface area contributed by atoms with Gasteiger partial charge in [0, 0.05) is 6.20 Å². The van der Waals surface area contributed by atoms with Crippen molar-refractivity contribution in [3.8, 4) is 28.9 Å². The Hall–Kier alpha value is -3.66. The predicted octanol–water partition coefficient (Wildman–Crippen LogP) is 2.61. The molecule has 0 aliphatic rings. The van der Waals surface area contributed by atoms with Gasteiger partial charge in [0.1, 0.15) is 0 Å². The molecule has 2 heterocycles. The Kier molecular flexibility index (Phi) is 4.18. The summed E-state index contributed by atoms with van der Waals surface area (Å²) in [5, 5.41) is 23.8. The maximum absolute atomic E-state index is 11.5. The molecule has 7 heteroatoms. The highest BCUT2D eigenvalue weighted by molar-refractivity contribution is 5.89. The molecule has 0 aliphatic carbocycles. The third kappa shape index (κ3) is 2.93. The van der Waals surface area contributed by atoms with E-state index in [2.05, 4.69) is 20.9 Å². The van der Waals surface area contributed by atoms with Gasteiger partial charge in [-0.15, -0.1) is 0 Å². The summed E-state index contributed by atoms with van der Waals surface area (Å²) >= 11 is 0. The van der Waals surface area contributed by atoms with Crippen molar-refractivity contribution in [2.75, 3.05) is 7.11 Å². The average molecular weight is 334 g/mol.